The van der Waals surface area contributed by atoms with Crippen molar-refractivity contribution < 1.29 is 18.7 Å². The van der Waals surface area contributed by atoms with Crippen LogP contribution in [0.4, 0.5) is 4.39 Å². The highest BCUT2D eigenvalue weighted by molar-refractivity contribution is 5.95. The number of hydrogen-bond donors (Lipinski definition) is 2. The van der Waals surface area contributed by atoms with Crippen molar-refractivity contribution in [3.8, 4) is 5.75 Å². The van der Waals surface area contributed by atoms with Crippen LogP contribution in [0, 0.1) is 5.82 Å². The number of hydrazine groups is 1. The molecule has 30 heavy (non-hydrogen) atoms. The van der Waals surface area contributed by atoms with Crippen LogP contribution in [-0.4, -0.2) is 23.5 Å². The zero-order chi connectivity index (χ0) is 21.5. The first-order valence-corrected chi connectivity index (χ1v) is 9.12. The van der Waals surface area contributed by atoms with Gasteiger partial charge in [0.15, 0.2) is 0 Å². The Kier molecular flexibility index (Phi) is 6.59. The number of carbonyl (C=O) groups is 2. The number of hydrogen-bond acceptors (Lipinski definition) is 4. The van der Waals surface area contributed by atoms with E-state index in [1.54, 1.807) is 49.6 Å². The van der Waals surface area contributed by atoms with E-state index in [9.17, 15) is 18.8 Å². The molecule has 0 aliphatic carbocycles. The Balaban J connectivity index is 1.61. The summed E-state index contributed by atoms with van der Waals surface area (Å²) in [5, 5.41) is 0. The molecule has 0 fully saturated rings. The molecule has 3 aromatic rings. The lowest BCUT2D eigenvalue weighted by molar-refractivity contribution is -0.121. The molecule has 2 N–H and O–H groups in total. The second-order valence-corrected chi connectivity index (χ2v) is 6.51. The van der Waals surface area contributed by atoms with Gasteiger partial charge in [0.25, 0.3) is 11.5 Å². The number of nitrogens with zero attached hydrogens (tertiary/aromatic N) is 1. The van der Waals surface area contributed by atoms with Gasteiger partial charge in [0.1, 0.15) is 17.1 Å². The van der Waals surface area contributed by atoms with Gasteiger partial charge in [-0.15, -0.1) is 0 Å². The molecular weight excluding hydrogens is 389 g/mol. The fraction of sp³-hybridized carbons (Fsp3) is 0.136. The molecular formula is C22H20FN3O4. The third-order valence-electron chi connectivity index (χ3n) is 4.37. The highest BCUT2D eigenvalue weighted by Crippen LogP contribution is 2.11. The predicted octanol–water partition coefficient (Wildman–Crippen LogP) is 2.05. The van der Waals surface area contributed by atoms with Gasteiger partial charge in [-0.1, -0.05) is 24.3 Å². The summed E-state index contributed by atoms with van der Waals surface area (Å²) >= 11 is 0. The summed E-state index contributed by atoms with van der Waals surface area (Å²) in [5.41, 5.74) is 5.36. The molecule has 0 aliphatic rings. The number of methoxy groups -OCH3 is 1. The monoisotopic (exact) mass is 409 g/mol. The van der Waals surface area contributed by atoms with Crippen molar-refractivity contribution >= 4 is 11.8 Å². The Hall–Kier alpha value is -3.94. The first kappa shape index (κ1) is 20.8. The zero-order valence-corrected chi connectivity index (χ0v) is 16.2. The average Bonchev–Trinajstić information content (AvgIpc) is 2.75. The molecule has 2 aromatic carbocycles. The number of nitrogens with one attached hydrogen (secondary N) is 2. The third-order valence-corrected chi connectivity index (χ3v) is 4.37. The van der Waals surface area contributed by atoms with E-state index in [0.29, 0.717) is 11.3 Å². The summed E-state index contributed by atoms with van der Waals surface area (Å²) in [5.74, 6) is -0.856. The molecule has 0 saturated heterocycles. The van der Waals surface area contributed by atoms with E-state index in [1.807, 2.05) is 0 Å². The number of amides is 2. The molecule has 0 spiro atoms. The van der Waals surface area contributed by atoms with Crippen LogP contribution in [0.2, 0.25) is 0 Å². The maximum absolute atomic E-state index is 13.0. The SMILES string of the molecule is COc1ccc(CC(=O)NNC(=O)c2cccn(Cc3ccc(F)cc3)c2=O)cc1. The Morgan fingerprint density at radius 1 is 0.967 bits per heavy atom. The molecule has 8 heteroatoms. The van der Waals surface area contributed by atoms with Crippen LogP contribution >= 0.6 is 0 Å². The van der Waals surface area contributed by atoms with Crippen LogP contribution in [-0.2, 0) is 17.8 Å². The Labute approximate surface area is 172 Å². The van der Waals surface area contributed by atoms with Crippen molar-refractivity contribution in [2.75, 3.05) is 7.11 Å². The third kappa shape index (κ3) is 5.32. The van der Waals surface area contributed by atoms with Crippen molar-refractivity contribution in [1.29, 1.82) is 0 Å². The van der Waals surface area contributed by atoms with Crippen LogP contribution in [0.25, 0.3) is 0 Å². The number of ether oxygens (including phenoxy) is 1. The quantitative estimate of drug-likeness (QED) is 0.610. The van der Waals surface area contributed by atoms with E-state index < -0.39 is 17.4 Å². The van der Waals surface area contributed by atoms with Crippen molar-refractivity contribution in [1.82, 2.24) is 15.4 Å². The van der Waals surface area contributed by atoms with Crippen LogP contribution < -0.4 is 21.1 Å². The molecule has 0 saturated carbocycles. The smallest absolute Gasteiger partial charge is 0.275 e. The highest BCUT2D eigenvalue weighted by atomic mass is 19.1. The maximum atomic E-state index is 13.0. The van der Waals surface area contributed by atoms with Gasteiger partial charge in [0.05, 0.1) is 20.1 Å². The second-order valence-electron chi connectivity index (χ2n) is 6.51. The lowest BCUT2D eigenvalue weighted by atomic mass is 10.1. The first-order chi connectivity index (χ1) is 14.5. The zero-order valence-electron chi connectivity index (χ0n) is 16.2. The summed E-state index contributed by atoms with van der Waals surface area (Å²) in [6.07, 6.45) is 1.58. The van der Waals surface area contributed by atoms with Crippen LogP contribution in [0.15, 0.2) is 71.7 Å². The lowest BCUT2D eigenvalue weighted by Crippen LogP contribution is -2.44. The van der Waals surface area contributed by atoms with Gasteiger partial charge < -0.3 is 9.30 Å². The summed E-state index contributed by atoms with van der Waals surface area (Å²) < 4.78 is 19.4. The molecule has 2 amide bonds. The summed E-state index contributed by atoms with van der Waals surface area (Å²) in [6.45, 7) is 0.185. The number of benzene rings is 2. The number of rotatable bonds is 6. The molecule has 1 heterocycles. The van der Waals surface area contributed by atoms with Gasteiger partial charge in [0, 0.05) is 6.20 Å². The topological polar surface area (TPSA) is 89.4 Å². The standard InChI is InChI=1S/C22H20FN3O4/c1-30-18-10-6-15(7-11-18)13-20(27)24-25-21(28)19-3-2-12-26(22(19)29)14-16-4-8-17(23)9-5-16/h2-12H,13-14H2,1H3,(H,24,27)(H,25,28). The summed E-state index contributed by atoms with van der Waals surface area (Å²) in [7, 11) is 1.55. The van der Waals surface area contributed by atoms with E-state index in [2.05, 4.69) is 10.9 Å². The van der Waals surface area contributed by atoms with Crippen molar-refractivity contribution in [3.05, 3.63) is 99.7 Å². The highest BCUT2D eigenvalue weighted by Gasteiger charge is 2.13. The molecule has 1 aromatic heterocycles. The van der Waals surface area contributed by atoms with Gasteiger partial charge >= 0.3 is 0 Å². The Bertz CT molecular complexity index is 1090. The van der Waals surface area contributed by atoms with Crippen molar-refractivity contribution in [3.63, 3.8) is 0 Å². The van der Waals surface area contributed by atoms with E-state index >= 15 is 0 Å². The summed E-state index contributed by atoms with van der Waals surface area (Å²) in [6, 6.07) is 15.6. The number of aromatic nitrogens is 1. The largest absolute Gasteiger partial charge is 0.497 e. The number of pyridine rings is 1. The molecule has 154 valence electrons. The van der Waals surface area contributed by atoms with Crippen molar-refractivity contribution in [2.45, 2.75) is 13.0 Å². The molecule has 0 bridgehead atoms. The minimum Gasteiger partial charge on any atom is -0.497 e. The molecule has 0 radical (unpaired) electrons. The van der Waals surface area contributed by atoms with Gasteiger partial charge in [0.2, 0.25) is 5.91 Å². The first-order valence-electron chi connectivity index (χ1n) is 9.12. The average molecular weight is 409 g/mol. The fourth-order valence-corrected chi connectivity index (χ4v) is 2.79. The van der Waals surface area contributed by atoms with Gasteiger partial charge in [-0.25, -0.2) is 4.39 Å². The Morgan fingerprint density at radius 2 is 1.63 bits per heavy atom. The van der Waals surface area contributed by atoms with Crippen LogP contribution in [0.3, 0.4) is 0 Å². The normalized spacial score (nSPS) is 10.3. The molecule has 0 unspecified atom stereocenters. The van der Waals surface area contributed by atoms with Gasteiger partial charge in [-0.05, 0) is 47.5 Å². The van der Waals surface area contributed by atoms with Gasteiger partial charge in [-0.2, -0.15) is 0 Å². The maximum Gasteiger partial charge on any atom is 0.275 e. The predicted molar refractivity (Wildman–Crippen MR) is 109 cm³/mol. The minimum absolute atomic E-state index is 0.0495. The minimum atomic E-state index is -0.725. The molecule has 3 rings (SSSR count). The lowest BCUT2D eigenvalue weighted by Gasteiger charge is -2.10. The number of halogens is 1. The second kappa shape index (κ2) is 9.51. The van der Waals surface area contributed by atoms with E-state index in [0.717, 1.165) is 5.56 Å². The van der Waals surface area contributed by atoms with E-state index in [1.165, 1.54) is 29.0 Å². The van der Waals surface area contributed by atoms with Crippen LogP contribution in [0.1, 0.15) is 21.5 Å². The fourth-order valence-electron chi connectivity index (χ4n) is 2.79. The van der Waals surface area contributed by atoms with Crippen LogP contribution in [0.5, 0.6) is 5.75 Å². The summed E-state index contributed by atoms with van der Waals surface area (Å²) in [4.78, 5) is 37.0. The van der Waals surface area contributed by atoms with E-state index in [-0.39, 0.29) is 24.3 Å². The van der Waals surface area contributed by atoms with Gasteiger partial charge in [-0.3, -0.25) is 25.2 Å². The molecule has 7 nitrogen and oxygen atoms in total. The Morgan fingerprint density at radius 3 is 2.30 bits per heavy atom. The molecule has 0 atom stereocenters. The van der Waals surface area contributed by atoms with E-state index in [4.69, 9.17) is 4.74 Å². The number of carbonyl (C=O) groups excluding carboxylic acids is 2. The van der Waals surface area contributed by atoms with Crippen molar-refractivity contribution in [2.24, 2.45) is 0 Å². The molecule has 0 aliphatic heterocycles.